The number of hydrogen-bond donors (Lipinski definition) is 0. The molecule has 0 amide bonds. The molecule has 0 aliphatic heterocycles. The van der Waals surface area contributed by atoms with Crippen molar-refractivity contribution in [2.24, 2.45) is 5.92 Å². The molecule has 3 atom stereocenters. The molecule has 3 aromatic rings. The van der Waals surface area contributed by atoms with Crippen LogP contribution in [0.25, 0.3) is 0 Å². The van der Waals surface area contributed by atoms with Crippen LogP contribution in [0.5, 0.6) is 0 Å². The Hall–Kier alpha value is -2.34. The maximum Gasteiger partial charge on any atom is 0.0129 e. The van der Waals surface area contributed by atoms with E-state index in [4.69, 9.17) is 0 Å². The summed E-state index contributed by atoms with van der Waals surface area (Å²) >= 11 is 0. The summed E-state index contributed by atoms with van der Waals surface area (Å²) < 4.78 is 0. The minimum atomic E-state index is 0.507. The second-order valence-corrected chi connectivity index (χ2v) is 6.88. The van der Waals surface area contributed by atoms with Crippen molar-refractivity contribution in [3.63, 3.8) is 0 Å². The summed E-state index contributed by atoms with van der Waals surface area (Å²) in [6.07, 6.45) is 2.37. The van der Waals surface area contributed by atoms with Gasteiger partial charge >= 0.3 is 0 Å². The Kier molecular flexibility index (Phi) is 4.21. The van der Waals surface area contributed by atoms with E-state index >= 15 is 0 Å². The lowest BCUT2D eigenvalue weighted by atomic mass is 9.74. The van der Waals surface area contributed by atoms with Crippen molar-refractivity contribution in [1.82, 2.24) is 0 Å². The van der Waals surface area contributed by atoms with Crippen LogP contribution < -0.4 is 0 Å². The Morgan fingerprint density at radius 3 is 2.12 bits per heavy atom. The zero-order chi connectivity index (χ0) is 16.4. The van der Waals surface area contributed by atoms with E-state index in [0.29, 0.717) is 17.8 Å². The first-order chi connectivity index (χ1) is 11.9. The van der Waals surface area contributed by atoms with Gasteiger partial charge in [-0.15, -0.1) is 0 Å². The summed E-state index contributed by atoms with van der Waals surface area (Å²) in [5, 5.41) is 0. The zero-order valence-electron chi connectivity index (χ0n) is 14.2. The lowest BCUT2D eigenvalue weighted by Crippen LogP contribution is -2.18. The summed E-state index contributed by atoms with van der Waals surface area (Å²) in [7, 11) is 0. The molecule has 0 nitrogen and oxygen atoms in total. The molecule has 0 heteroatoms. The number of rotatable bonds is 4. The van der Waals surface area contributed by atoms with Crippen molar-refractivity contribution < 1.29 is 0 Å². The lowest BCUT2D eigenvalue weighted by molar-refractivity contribution is 0.395. The third-order valence-electron chi connectivity index (χ3n) is 5.62. The molecule has 1 aliphatic carbocycles. The summed E-state index contributed by atoms with van der Waals surface area (Å²) in [5.74, 6) is 1.74. The van der Waals surface area contributed by atoms with Gasteiger partial charge in [-0.3, -0.25) is 0 Å². The van der Waals surface area contributed by atoms with Gasteiger partial charge in [0.15, 0.2) is 0 Å². The smallest absolute Gasteiger partial charge is 0.0129 e. The molecule has 0 bridgehead atoms. The molecule has 0 radical (unpaired) electrons. The van der Waals surface area contributed by atoms with E-state index in [1.807, 2.05) is 0 Å². The van der Waals surface area contributed by atoms with Crippen molar-refractivity contribution in [2.75, 3.05) is 0 Å². The highest BCUT2D eigenvalue weighted by Crippen LogP contribution is 2.49. The fraction of sp³-hybridized carbons (Fsp3) is 0.250. The summed E-state index contributed by atoms with van der Waals surface area (Å²) in [6.45, 7) is 2.34. The van der Waals surface area contributed by atoms with Gasteiger partial charge in [0.1, 0.15) is 0 Å². The second kappa shape index (κ2) is 6.65. The van der Waals surface area contributed by atoms with E-state index in [9.17, 15) is 0 Å². The molecular weight excluding hydrogens is 288 g/mol. The Balaban J connectivity index is 1.79. The largest absolute Gasteiger partial charge is 0.0648 e. The Bertz CT molecular complexity index is 789. The molecule has 4 rings (SSSR count). The summed E-state index contributed by atoms with van der Waals surface area (Å²) in [5.41, 5.74) is 6.01. The van der Waals surface area contributed by atoms with Crippen LogP contribution in [0.1, 0.15) is 47.4 Å². The molecule has 0 aromatic heterocycles. The van der Waals surface area contributed by atoms with Gasteiger partial charge < -0.3 is 0 Å². The lowest BCUT2D eigenvalue weighted by Gasteiger charge is -2.29. The fourth-order valence-corrected chi connectivity index (χ4v) is 4.57. The molecule has 0 fully saturated rings. The zero-order valence-corrected chi connectivity index (χ0v) is 14.2. The highest BCUT2D eigenvalue weighted by Gasteiger charge is 2.37. The normalized spacial score (nSPS) is 20.5. The van der Waals surface area contributed by atoms with E-state index in [-0.39, 0.29) is 0 Å². The first-order valence-corrected chi connectivity index (χ1v) is 9.06. The third kappa shape index (κ3) is 2.67. The molecule has 0 saturated heterocycles. The van der Waals surface area contributed by atoms with Crippen molar-refractivity contribution in [3.8, 4) is 0 Å². The maximum absolute atomic E-state index is 2.34. The van der Waals surface area contributed by atoms with E-state index in [1.54, 1.807) is 0 Å². The second-order valence-electron chi connectivity index (χ2n) is 6.88. The Labute approximate surface area is 145 Å². The molecule has 24 heavy (non-hydrogen) atoms. The average Bonchev–Trinajstić information content (AvgIpc) is 3.03. The molecule has 0 saturated carbocycles. The summed E-state index contributed by atoms with van der Waals surface area (Å²) in [6, 6.07) is 31.2. The third-order valence-corrected chi connectivity index (χ3v) is 5.62. The van der Waals surface area contributed by atoms with Crippen LogP contribution >= 0.6 is 0 Å². The van der Waals surface area contributed by atoms with Gasteiger partial charge in [-0.05, 0) is 46.9 Å². The quantitative estimate of drug-likeness (QED) is 0.539. The van der Waals surface area contributed by atoms with Crippen molar-refractivity contribution in [1.29, 1.82) is 0 Å². The molecule has 0 heterocycles. The minimum Gasteiger partial charge on any atom is -0.0648 e. The molecule has 120 valence electrons. The van der Waals surface area contributed by atoms with Crippen LogP contribution in [-0.2, 0) is 6.42 Å². The van der Waals surface area contributed by atoms with Crippen molar-refractivity contribution in [2.45, 2.75) is 31.6 Å². The van der Waals surface area contributed by atoms with Gasteiger partial charge in [0.2, 0.25) is 0 Å². The maximum atomic E-state index is 2.34. The predicted molar refractivity (Wildman–Crippen MR) is 101 cm³/mol. The average molecular weight is 312 g/mol. The molecule has 3 unspecified atom stereocenters. The molecular formula is C24H24. The van der Waals surface area contributed by atoms with E-state index in [0.717, 1.165) is 0 Å². The van der Waals surface area contributed by atoms with Gasteiger partial charge in [-0.2, -0.15) is 0 Å². The first-order valence-electron chi connectivity index (χ1n) is 9.06. The van der Waals surface area contributed by atoms with E-state index < -0.39 is 0 Å². The van der Waals surface area contributed by atoms with Crippen LogP contribution in [0, 0.1) is 5.92 Å². The predicted octanol–water partition coefficient (Wildman–Crippen LogP) is 6.18. The monoisotopic (exact) mass is 312 g/mol. The minimum absolute atomic E-state index is 0.507. The van der Waals surface area contributed by atoms with Gasteiger partial charge in [-0.1, -0.05) is 91.9 Å². The van der Waals surface area contributed by atoms with Gasteiger partial charge in [-0.25, -0.2) is 0 Å². The Morgan fingerprint density at radius 2 is 1.42 bits per heavy atom. The van der Waals surface area contributed by atoms with Crippen LogP contribution in [0.3, 0.4) is 0 Å². The topological polar surface area (TPSA) is 0 Å². The highest BCUT2D eigenvalue weighted by molar-refractivity contribution is 5.45. The first kappa shape index (κ1) is 15.2. The molecule has 1 aliphatic rings. The van der Waals surface area contributed by atoms with Gasteiger partial charge in [0.05, 0.1) is 0 Å². The standard InChI is InChI=1S/C24H24/c1-2-21(18-11-5-3-6-12-18)23-17-20-15-9-10-16-22(20)24(23)19-13-7-4-8-14-19/h3-16,21,23-24H,2,17H2,1H3. The van der Waals surface area contributed by atoms with Crippen LogP contribution in [-0.4, -0.2) is 0 Å². The summed E-state index contributed by atoms with van der Waals surface area (Å²) in [4.78, 5) is 0. The molecule has 0 spiro atoms. The van der Waals surface area contributed by atoms with Crippen LogP contribution in [0.4, 0.5) is 0 Å². The van der Waals surface area contributed by atoms with Crippen molar-refractivity contribution >= 4 is 0 Å². The number of hydrogen-bond acceptors (Lipinski definition) is 0. The highest BCUT2D eigenvalue weighted by atomic mass is 14.4. The van der Waals surface area contributed by atoms with Crippen LogP contribution in [0.15, 0.2) is 84.9 Å². The molecule has 0 N–H and O–H groups in total. The van der Waals surface area contributed by atoms with E-state index in [2.05, 4.69) is 91.9 Å². The van der Waals surface area contributed by atoms with Crippen molar-refractivity contribution in [3.05, 3.63) is 107 Å². The number of benzene rings is 3. The van der Waals surface area contributed by atoms with Gasteiger partial charge in [0.25, 0.3) is 0 Å². The van der Waals surface area contributed by atoms with E-state index in [1.165, 1.54) is 35.1 Å². The molecule has 3 aromatic carbocycles. The van der Waals surface area contributed by atoms with Crippen LogP contribution in [0.2, 0.25) is 0 Å². The van der Waals surface area contributed by atoms with Gasteiger partial charge in [0, 0.05) is 5.92 Å². The number of fused-ring (bicyclic) bond motifs is 1. The Morgan fingerprint density at radius 1 is 0.792 bits per heavy atom. The fourth-order valence-electron chi connectivity index (χ4n) is 4.57. The SMILES string of the molecule is CCC(c1ccccc1)C1Cc2ccccc2C1c1ccccc1.